The number of nitrogens with zero attached hydrogens (tertiary/aromatic N) is 2. The molecule has 1 unspecified atom stereocenters. The molecule has 190 valence electrons. The monoisotopic (exact) mass is 525 g/mol. The van der Waals surface area contributed by atoms with Crippen LogP contribution in [0.5, 0.6) is 23.0 Å². The van der Waals surface area contributed by atoms with Crippen LogP contribution in [0.25, 0.3) is 0 Å². The van der Waals surface area contributed by atoms with Gasteiger partial charge in [-0.15, -0.1) is 0 Å². The van der Waals surface area contributed by atoms with Gasteiger partial charge in [-0.3, -0.25) is 9.59 Å². The zero-order chi connectivity index (χ0) is 26.0. The molecule has 1 N–H and O–H groups in total. The van der Waals surface area contributed by atoms with E-state index < -0.39 is 17.7 Å². The molecule has 0 bridgehead atoms. The van der Waals surface area contributed by atoms with Crippen LogP contribution in [0.2, 0.25) is 10.0 Å². The van der Waals surface area contributed by atoms with Gasteiger partial charge in [0, 0.05) is 6.07 Å². The number of ketones is 1. The summed E-state index contributed by atoms with van der Waals surface area (Å²) in [6.07, 6.45) is 0. The Kier molecular flexibility index (Phi) is 11.1. The van der Waals surface area contributed by atoms with Crippen LogP contribution in [-0.2, 0) is 9.59 Å². The second kappa shape index (κ2) is 13.7. The molecule has 35 heavy (non-hydrogen) atoms. The summed E-state index contributed by atoms with van der Waals surface area (Å²) in [5.41, 5.74) is 0.443. The highest BCUT2D eigenvalue weighted by Gasteiger charge is 2.27. The van der Waals surface area contributed by atoms with Gasteiger partial charge in [-0.2, -0.15) is 10.2 Å². The lowest BCUT2D eigenvalue weighted by Crippen LogP contribution is -2.32. The molecule has 1 atom stereocenters. The Morgan fingerprint density at radius 1 is 0.857 bits per heavy atom. The smallest absolute Gasteiger partial charge is 0.259 e. The standard InChI is InChI=1S/C24H29Cl2N3O6/c1-6-32-18-11-10-15(25)23(35-9-4)22(18)27-24(31)21(14(5)30)29-28-17-12-16(26)19(33-7-2)13-20(17)34-8-3/h10-13,21H,6-9H2,1-5H3,(H,27,31). The highest BCUT2D eigenvalue weighted by Crippen LogP contribution is 2.41. The SMILES string of the molecule is CCOc1cc(OCC)c(N=NC(C(C)=O)C(=O)Nc2c(OCC)ccc(Cl)c2OCC)cc1Cl. The van der Waals surface area contributed by atoms with Gasteiger partial charge in [-0.1, -0.05) is 23.2 Å². The average molecular weight is 526 g/mol. The number of azo groups is 1. The first-order chi connectivity index (χ1) is 16.8. The second-order valence-corrected chi connectivity index (χ2v) is 7.76. The molecule has 2 aromatic rings. The first-order valence-electron chi connectivity index (χ1n) is 11.2. The Bertz CT molecular complexity index is 1080. The topological polar surface area (TPSA) is 108 Å². The van der Waals surface area contributed by atoms with Crippen LogP contribution in [0.15, 0.2) is 34.5 Å². The molecule has 2 rings (SSSR count). The van der Waals surface area contributed by atoms with Gasteiger partial charge in [-0.25, -0.2) is 0 Å². The Balaban J connectivity index is 2.42. The van der Waals surface area contributed by atoms with Crippen LogP contribution in [0.3, 0.4) is 0 Å². The summed E-state index contributed by atoms with van der Waals surface area (Å²) in [6, 6.07) is 4.82. The third-order valence-corrected chi connectivity index (χ3v) is 5.03. The lowest BCUT2D eigenvalue weighted by atomic mass is 10.2. The van der Waals surface area contributed by atoms with E-state index in [1.165, 1.54) is 13.0 Å². The maximum absolute atomic E-state index is 13.1. The number of halogens is 2. The fourth-order valence-corrected chi connectivity index (χ4v) is 3.41. The predicted molar refractivity (Wildman–Crippen MR) is 135 cm³/mol. The van der Waals surface area contributed by atoms with Gasteiger partial charge in [0.1, 0.15) is 22.9 Å². The van der Waals surface area contributed by atoms with Gasteiger partial charge < -0.3 is 24.3 Å². The summed E-state index contributed by atoms with van der Waals surface area (Å²) in [7, 11) is 0. The van der Waals surface area contributed by atoms with E-state index >= 15 is 0 Å². The minimum absolute atomic E-state index is 0.201. The highest BCUT2D eigenvalue weighted by atomic mass is 35.5. The van der Waals surface area contributed by atoms with Crippen LogP contribution in [0, 0.1) is 0 Å². The van der Waals surface area contributed by atoms with Crippen molar-refractivity contribution >= 4 is 46.3 Å². The molecule has 0 heterocycles. The Morgan fingerprint density at radius 3 is 2.06 bits per heavy atom. The molecule has 0 saturated heterocycles. The normalized spacial score (nSPS) is 11.7. The van der Waals surface area contributed by atoms with Crippen molar-refractivity contribution in [3.05, 3.63) is 34.3 Å². The molecule has 0 aliphatic carbocycles. The van der Waals surface area contributed by atoms with Gasteiger partial charge >= 0.3 is 0 Å². The van der Waals surface area contributed by atoms with Crippen molar-refractivity contribution in [2.45, 2.75) is 40.7 Å². The van der Waals surface area contributed by atoms with Crippen LogP contribution < -0.4 is 24.3 Å². The zero-order valence-corrected chi connectivity index (χ0v) is 21.8. The summed E-state index contributed by atoms with van der Waals surface area (Å²) in [5.74, 6) is 0.0679. The number of rotatable bonds is 13. The molecule has 0 aliphatic heterocycles. The quantitative estimate of drug-likeness (QED) is 0.244. The number of Topliss-reactive ketones (excluding diaryl/α,β-unsaturated/α-hetero) is 1. The number of ether oxygens (including phenoxy) is 4. The van der Waals surface area contributed by atoms with Gasteiger partial charge in [-0.05, 0) is 52.8 Å². The second-order valence-electron chi connectivity index (χ2n) is 6.95. The number of benzene rings is 2. The molecule has 9 nitrogen and oxygen atoms in total. The summed E-state index contributed by atoms with van der Waals surface area (Å²) in [4.78, 5) is 25.4. The molecule has 0 fully saturated rings. The highest BCUT2D eigenvalue weighted by molar-refractivity contribution is 6.33. The maximum Gasteiger partial charge on any atom is 0.259 e. The van der Waals surface area contributed by atoms with Crippen LogP contribution in [0.4, 0.5) is 11.4 Å². The lowest BCUT2D eigenvalue weighted by Gasteiger charge is -2.18. The Labute approximate surface area is 214 Å². The summed E-state index contributed by atoms with van der Waals surface area (Å²) < 4.78 is 22.3. The molecule has 11 heteroatoms. The van der Waals surface area contributed by atoms with E-state index in [0.29, 0.717) is 43.7 Å². The lowest BCUT2D eigenvalue weighted by molar-refractivity contribution is -0.126. The summed E-state index contributed by atoms with van der Waals surface area (Å²) >= 11 is 12.5. The van der Waals surface area contributed by atoms with E-state index in [4.69, 9.17) is 42.1 Å². The molecule has 0 aliphatic rings. The van der Waals surface area contributed by atoms with Gasteiger partial charge in [0.2, 0.25) is 6.04 Å². The van der Waals surface area contributed by atoms with Crippen LogP contribution in [0.1, 0.15) is 34.6 Å². The minimum atomic E-state index is -1.46. The molecular formula is C24H29Cl2N3O6. The molecule has 2 aromatic carbocycles. The number of anilines is 1. The van der Waals surface area contributed by atoms with Crippen molar-refractivity contribution in [3.63, 3.8) is 0 Å². The van der Waals surface area contributed by atoms with E-state index in [1.54, 1.807) is 39.0 Å². The van der Waals surface area contributed by atoms with E-state index in [0.717, 1.165) is 0 Å². The number of hydrogen-bond acceptors (Lipinski definition) is 8. The first-order valence-corrected chi connectivity index (χ1v) is 11.9. The number of carbonyl (C=O) groups excluding carboxylic acids is 2. The first kappa shape index (κ1) is 28.2. The predicted octanol–water partition coefficient (Wildman–Crippen LogP) is 6.27. The van der Waals surface area contributed by atoms with Crippen molar-refractivity contribution in [1.29, 1.82) is 0 Å². The Morgan fingerprint density at radius 2 is 1.46 bits per heavy atom. The number of amides is 1. The third kappa shape index (κ3) is 7.47. The van der Waals surface area contributed by atoms with E-state index in [2.05, 4.69) is 15.5 Å². The minimum Gasteiger partial charge on any atom is -0.492 e. The molecular weight excluding hydrogens is 497 g/mol. The van der Waals surface area contributed by atoms with Crippen molar-refractivity contribution in [1.82, 2.24) is 0 Å². The van der Waals surface area contributed by atoms with Gasteiger partial charge in [0.15, 0.2) is 17.3 Å². The number of hydrogen-bond donors (Lipinski definition) is 1. The average Bonchev–Trinajstić information content (AvgIpc) is 2.81. The largest absolute Gasteiger partial charge is 0.492 e. The molecule has 0 spiro atoms. The van der Waals surface area contributed by atoms with E-state index in [-0.39, 0.29) is 27.2 Å². The van der Waals surface area contributed by atoms with E-state index in [9.17, 15) is 9.59 Å². The summed E-state index contributed by atoms with van der Waals surface area (Å²) in [5, 5.41) is 11.3. The molecule has 0 aromatic heterocycles. The fourth-order valence-electron chi connectivity index (χ4n) is 2.99. The number of carbonyl (C=O) groups is 2. The molecule has 0 radical (unpaired) electrons. The van der Waals surface area contributed by atoms with Crippen molar-refractivity contribution in [3.8, 4) is 23.0 Å². The van der Waals surface area contributed by atoms with E-state index in [1.807, 2.05) is 6.92 Å². The van der Waals surface area contributed by atoms with Crippen molar-refractivity contribution in [2.75, 3.05) is 31.7 Å². The summed E-state index contributed by atoms with van der Waals surface area (Å²) in [6.45, 7) is 9.84. The van der Waals surface area contributed by atoms with Crippen LogP contribution in [-0.4, -0.2) is 44.2 Å². The Hall–Kier alpha value is -3.04. The van der Waals surface area contributed by atoms with Gasteiger partial charge in [0.25, 0.3) is 5.91 Å². The zero-order valence-electron chi connectivity index (χ0n) is 20.3. The van der Waals surface area contributed by atoms with Crippen molar-refractivity contribution in [2.24, 2.45) is 10.2 Å². The molecule has 0 saturated carbocycles. The number of nitrogens with one attached hydrogen (secondary N) is 1. The fraction of sp³-hybridized carbons (Fsp3) is 0.417. The van der Waals surface area contributed by atoms with Crippen LogP contribution >= 0.6 is 23.2 Å². The molecule has 1 amide bonds. The maximum atomic E-state index is 13.1. The van der Waals surface area contributed by atoms with Crippen molar-refractivity contribution < 1.29 is 28.5 Å². The third-order valence-electron chi connectivity index (χ3n) is 4.44. The van der Waals surface area contributed by atoms with Gasteiger partial charge in [0.05, 0.1) is 36.5 Å².